The normalized spacial score (nSPS) is 11.7. The molecule has 5 heteroatoms. The second kappa shape index (κ2) is 6.50. The van der Waals surface area contributed by atoms with Crippen LogP contribution in [0.25, 0.3) is 0 Å². The average Bonchev–Trinajstić information content (AvgIpc) is 2.80. The maximum absolute atomic E-state index is 6.09. The van der Waals surface area contributed by atoms with Gasteiger partial charge < -0.3 is 10.1 Å². The molecule has 0 aliphatic carbocycles. The lowest BCUT2D eigenvalue weighted by Crippen LogP contribution is -2.35. The molecule has 0 saturated heterocycles. The van der Waals surface area contributed by atoms with Crippen LogP contribution >= 0.6 is 11.6 Å². The van der Waals surface area contributed by atoms with Crippen molar-refractivity contribution in [3.8, 4) is 5.75 Å². The van der Waals surface area contributed by atoms with E-state index in [9.17, 15) is 0 Å². The fourth-order valence-electron chi connectivity index (χ4n) is 1.89. The molecule has 0 aliphatic rings. The van der Waals surface area contributed by atoms with Gasteiger partial charge in [0.05, 0.1) is 6.20 Å². The Morgan fingerprint density at radius 3 is 2.71 bits per heavy atom. The summed E-state index contributed by atoms with van der Waals surface area (Å²) in [6.45, 7) is 7.61. The van der Waals surface area contributed by atoms with Crippen LogP contribution < -0.4 is 10.1 Å². The highest BCUT2D eigenvalue weighted by molar-refractivity contribution is 6.30. The first-order valence-electron chi connectivity index (χ1n) is 6.97. The Kier molecular flexibility index (Phi) is 4.91. The lowest BCUT2D eigenvalue weighted by molar-refractivity contribution is 0.300. The van der Waals surface area contributed by atoms with Crippen LogP contribution in [0.5, 0.6) is 5.75 Å². The summed E-state index contributed by atoms with van der Waals surface area (Å²) in [6.07, 6.45) is 3.76. The minimum Gasteiger partial charge on any atom is -0.488 e. The number of nitrogens with one attached hydrogen (secondary N) is 1. The minimum absolute atomic E-state index is 0.0446. The molecule has 1 heterocycles. The molecule has 21 heavy (non-hydrogen) atoms. The molecule has 0 fully saturated rings. The van der Waals surface area contributed by atoms with Crippen LogP contribution in [-0.4, -0.2) is 15.3 Å². The number of aryl methyl sites for hydroxylation is 1. The van der Waals surface area contributed by atoms with Crippen LogP contribution in [0.3, 0.4) is 0 Å². The fraction of sp³-hybridized carbons (Fsp3) is 0.438. The summed E-state index contributed by atoms with van der Waals surface area (Å²) in [4.78, 5) is 0. The van der Waals surface area contributed by atoms with Gasteiger partial charge in [0.15, 0.2) is 0 Å². The van der Waals surface area contributed by atoms with E-state index >= 15 is 0 Å². The number of ether oxygens (including phenoxy) is 1. The van der Waals surface area contributed by atoms with Crippen LogP contribution in [0.4, 0.5) is 0 Å². The second-order valence-electron chi connectivity index (χ2n) is 6.17. The maximum Gasteiger partial charge on any atom is 0.124 e. The van der Waals surface area contributed by atoms with E-state index in [1.54, 1.807) is 4.68 Å². The summed E-state index contributed by atoms with van der Waals surface area (Å²) in [6, 6.07) is 5.71. The third-order valence-corrected chi connectivity index (χ3v) is 3.22. The molecule has 0 spiro atoms. The van der Waals surface area contributed by atoms with Crippen molar-refractivity contribution in [3.05, 3.63) is 46.7 Å². The maximum atomic E-state index is 6.09. The van der Waals surface area contributed by atoms with E-state index in [0.717, 1.165) is 21.9 Å². The number of nitrogens with zero attached hydrogens (tertiary/aromatic N) is 2. The molecule has 0 aliphatic heterocycles. The topological polar surface area (TPSA) is 39.1 Å². The Hall–Kier alpha value is -1.52. The van der Waals surface area contributed by atoms with Gasteiger partial charge in [-0.2, -0.15) is 5.10 Å². The van der Waals surface area contributed by atoms with E-state index < -0.39 is 0 Å². The molecule has 1 aromatic carbocycles. The lowest BCUT2D eigenvalue weighted by Gasteiger charge is -2.21. The molecule has 0 atom stereocenters. The number of benzene rings is 1. The Balaban J connectivity index is 2.07. The molecule has 2 aromatic rings. The summed E-state index contributed by atoms with van der Waals surface area (Å²) < 4.78 is 7.67. The van der Waals surface area contributed by atoms with Crippen molar-refractivity contribution in [3.63, 3.8) is 0 Å². The van der Waals surface area contributed by atoms with Crippen LogP contribution in [0.2, 0.25) is 5.02 Å². The van der Waals surface area contributed by atoms with Gasteiger partial charge in [0.1, 0.15) is 12.4 Å². The number of aromatic nitrogens is 2. The first-order chi connectivity index (χ1) is 9.83. The van der Waals surface area contributed by atoms with E-state index in [2.05, 4.69) is 31.2 Å². The molecule has 114 valence electrons. The molecular weight excluding hydrogens is 286 g/mol. The van der Waals surface area contributed by atoms with E-state index in [1.165, 1.54) is 0 Å². The van der Waals surface area contributed by atoms with E-state index in [0.29, 0.717) is 13.2 Å². The zero-order chi connectivity index (χ0) is 15.5. The average molecular weight is 308 g/mol. The van der Waals surface area contributed by atoms with E-state index in [-0.39, 0.29) is 5.54 Å². The quantitative estimate of drug-likeness (QED) is 0.918. The molecule has 0 saturated carbocycles. The summed E-state index contributed by atoms with van der Waals surface area (Å²) >= 11 is 6.09. The standard InChI is InChI=1S/C16H22ClN3O/c1-16(2,3)18-9-13-7-14(17)5-6-15(13)21-11-12-8-19-20(4)10-12/h5-8,10,18H,9,11H2,1-4H3. The Morgan fingerprint density at radius 2 is 2.10 bits per heavy atom. The largest absolute Gasteiger partial charge is 0.488 e. The predicted octanol–water partition coefficient (Wildman–Crippen LogP) is 3.54. The molecule has 1 N–H and O–H groups in total. The summed E-state index contributed by atoms with van der Waals surface area (Å²) in [5.74, 6) is 0.847. The van der Waals surface area contributed by atoms with Gasteiger partial charge in [0.2, 0.25) is 0 Å². The number of halogens is 1. The van der Waals surface area contributed by atoms with Crippen molar-refractivity contribution in [2.45, 2.75) is 39.5 Å². The number of hydrogen-bond donors (Lipinski definition) is 1. The Bertz CT molecular complexity index is 602. The molecule has 0 radical (unpaired) electrons. The first-order valence-corrected chi connectivity index (χ1v) is 7.35. The van der Waals surface area contributed by atoms with Crippen molar-refractivity contribution < 1.29 is 4.74 Å². The van der Waals surface area contributed by atoms with Crippen molar-refractivity contribution in [2.75, 3.05) is 0 Å². The first kappa shape index (κ1) is 15.9. The van der Waals surface area contributed by atoms with Crippen molar-refractivity contribution in [2.24, 2.45) is 7.05 Å². The van der Waals surface area contributed by atoms with E-state index in [4.69, 9.17) is 16.3 Å². The molecule has 4 nitrogen and oxygen atoms in total. The molecular formula is C16H22ClN3O. The Labute approximate surface area is 131 Å². The van der Waals surface area contributed by atoms with Crippen LogP contribution in [0, 0.1) is 0 Å². The minimum atomic E-state index is 0.0446. The summed E-state index contributed by atoms with van der Waals surface area (Å²) in [7, 11) is 1.89. The van der Waals surface area contributed by atoms with Crippen LogP contribution in [-0.2, 0) is 20.2 Å². The van der Waals surface area contributed by atoms with Crippen LogP contribution in [0.15, 0.2) is 30.6 Å². The highest BCUT2D eigenvalue weighted by Crippen LogP contribution is 2.24. The predicted molar refractivity (Wildman–Crippen MR) is 85.6 cm³/mol. The molecule has 0 bridgehead atoms. The second-order valence-corrected chi connectivity index (χ2v) is 6.60. The SMILES string of the molecule is Cn1cc(COc2ccc(Cl)cc2CNC(C)(C)C)cn1. The smallest absolute Gasteiger partial charge is 0.124 e. The van der Waals surface area contributed by atoms with Gasteiger partial charge >= 0.3 is 0 Å². The fourth-order valence-corrected chi connectivity index (χ4v) is 2.09. The molecule has 0 unspecified atom stereocenters. The third kappa shape index (κ3) is 5.06. The van der Waals surface area contributed by atoms with Gasteiger partial charge in [0.25, 0.3) is 0 Å². The van der Waals surface area contributed by atoms with E-state index in [1.807, 2.05) is 37.6 Å². The summed E-state index contributed by atoms with van der Waals surface area (Å²) in [5, 5.41) is 8.31. The molecule has 0 amide bonds. The van der Waals surface area contributed by atoms with Gasteiger partial charge in [-0.3, -0.25) is 4.68 Å². The third-order valence-electron chi connectivity index (χ3n) is 2.98. The van der Waals surface area contributed by atoms with Crippen molar-refractivity contribution in [1.82, 2.24) is 15.1 Å². The molecule has 1 aromatic heterocycles. The zero-order valence-corrected chi connectivity index (χ0v) is 13.7. The van der Waals surface area contributed by atoms with Gasteiger partial charge in [0, 0.05) is 41.5 Å². The van der Waals surface area contributed by atoms with Crippen molar-refractivity contribution in [1.29, 1.82) is 0 Å². The summed E-state index contributed by atoms with van der Waals surface area (Å²) in [5.41, 5.74) is 2.15. The van der Waals surface area contributed by atoms with Crippen molar-refractivity contribution >= 4 is 11.6 Å². The van der Waals surface area contributed by atoms with Gasteiger partial charge in [-0.25, -0.2) is 0 Å². The Morgan fingerprint density at radius 1 is 1.33 bits per heavy atom. The van der Waals surface area contributed by atoms with Gasteiger partial charge in [-0.05, 0) is 39.0 Å². The molecule has 2 rings (SSSR count). The zero-order valence-electron chi connectivity index (χ0n) is 13.0. The monoisotopic (exact) mass is 307 g/mol. The lowest BCUT2D eigenvalue weighted by atomic mass is 10.1. The highest BCUT2D eigenvalue weighted by Gasteiger charge is 2.12. The number of rotatable bonds is 5. The van der Waals surface area contributed by atoms with Gasteiger partial charge in [-0.1, -0.05) is 11.6 Å². The van der Waals surface area contributed by atoms with Crippen LogP contribution in [0.1, 0.15) is 31.9 Å². The highest BCUT2D eigenvalue weighted by atomic mass is 35.5. The number of hydrogen-bond acceptors (Lipinski definition) is 3. The van der Waals surface area contributed by atoms with Gasteiger partial charge in [-0.15, -0.1) is 0 Å².